The Morgan fingerprint density at radius 1 is 1.20 bits per heavy atom. The van der Waals surface area contributed by atoms with E-state index in [0.717, 1.165) is 22.6 Å². The summed E-state index contributed by atoms with van der Waals surface area (Å²) >= 11 is 0. The standard InChI is InChI=1S/C19H25N3O3/c1-13(2)21(12-19(24)25-5)18(23)11-17-14(3)20-22(15(17)4)16-9-7-6-8-10-16/h6-10,13H,11-12H2,1-5H3. The van der Waals surface area contributed by atoms with Gasteiger partial charge in [-0.2, -0.15) is 5.10 Å². The van der Waals surface area contributed by atoms with Crippen LogP contribution in [0.1, 0.15) is 30.8 Å². The minimum atomic E-state index is -0.421. The summed E-state index contributed by atoms with van der Waals surface area (Å²) in [5, 5.41) is 4.57. The molecule has 0 radical (unpaired) electrons. The van der Waals surface area contributed by atoms with E-state index >= 15 is 0 Å². The average molecular weight is 343 g/mol. The van der Waals surface area contributed by atoms with Crippen molar-refractivity contribution in [1.82, 2.24) is 14.7 Å². The summed E-state index contributed by atoms with van der Waals surface area (Å²) in [6.45, 7) is 7.57. The summed E-state index contributed by atoms with van der Waals surface area (Å²) < 4.78 is 6.54. The van der Waals surface area contributed by atoms with Gasteiger partial charge in [-0.3, -0.25) is 9.59 Å². The van der Waals surface area contributed by atoms with Crippen molar-refractivity contribution < 1.29 is 14.3 Å². The number of hydrogen-bond acceptors (Lipinski definition) is 4. The Bertz CT molecular complexity index is 751. The molecule has 0 spiro atoms. The molecule has 0 unspecified atom stereocenters. The smallest absolute Gasteiger partial charge is 0.325 e. The van der Waals surface area contributed by atoms with Crippen molar-refractivity contribution in [3.8, 4) is 5.69 Å². The fourth-order valence-corrected chi connectivity index (χ4v) is 2.77. The topological polar surface area (TPSA) is 64.4 Å². The highest BCUT2D eigenvalue weighted by Crippen LogP contribution is 2.19. The molecule has 6 heteroatoms. The predicted octanol–water partition coefficient (Wildman–Crippen LogP) is 2.44. The van der Waals surface area contributed by atoms with Gasteiger partial charge in [-0.25, -0.2) is 4.68 Å². The van der Waals surface area contributed by atoms with Crippen molar-refractivity contribution in [3.63, 3.8) is 0 Å². The molecule has 0 aliphatic rings. The molecule has 1 aromatic heterocycles. The molecule has 134 valence electrons. The van der Waals surface area contributed by atoms with E-state index in [1.165, 1.54) is 12.0 Å². The van der Waals surface area contributed by atoms with Crippen LogP contribution in [0.25, 0.3) is 5.69 Å². The van der Waals surface area contributed by atoms with E-state index in [9.17, 15) is 9.59 Å². The largest absolute Gasteiger partial charge is 0.468 e. The number of carbonyl (C=O) groups is 2. The zero-order valence-electron chi connectivity index (χ0n) is 15.4. The monoisotopic (exact) mass is 343 g/mol. The summed E-state index contributed by atoms with van der Waals surface area (Å²) in [7, 11) is 1.32. The van der Waals surface area contributed by atoms with Crippen molar-refractivity contribution >= 4 is 11.9 Å². The molecule has 1 amide bonds. The van der Waals surface area contributed by atoms with Gasteiger partial charge in [-0.1, -0.05) is 18.2 Å². The van der Waals surface area contributed by atoms with E-state index in [1.54, 1.807) is 0 Å². The van der Waals surface area contributed by atoms with Gasteiger partial charge >= 0.3 is 5.97 Å². The zero-order valence-corrected chi connectivity index (χ0v) is 15.4. The van der Waals surface area contributed by atoms with Crippen LogP contribution in [0.4, 0.5) is 0 Å². The van der Waals surface area contributed by atoms with Gasteiger partial charge in [0.05, 0.1) is 24.9 Å². The third-order valence-corrected chi connectivity index (χ3v) is 4.24. The molecule has 0 saturated heterocycles. The lowest BCUT2D eigenvalue weighted by atomic mass is 10.1. The number of esters is 1. The average Bonchev–Trinajstić information content (AvgIpc) is 2.87. The molecule has 0 saturated carbocycles. The summed E-state index contributed by atoms with van der Waals surface area (Å²) in [6.07, 6.45) is 0.208. The van der Waals surface area contributed by atoms with Gasteiger partial charge in [0.1, 0.15) is 6.54 Å². The van der Waals surface area contributed by atoms with E-state index in [1.807, 2.05) is 62.7 Å². The highest BCUT2D eigenvalue weighted by Gasteiger charge is 2.23. The fourth-order valence-electron chi connectivity index (χ4n) is 2.77. The fraction of sp³-hybridized carbons (Fsp3) is 0.421. The molecule has 0 atom stereocenters. The Morgan fingerprint density at radius 3 is 2.40 bits per heavy atom. The lowest BCUT2D eigenvalue weighted by molar-refractivity contribution is -0.148. The highest BCUT2D eigenvalue weighted by atomic mass is 16.5. The van der Waals surface area contributed by atoms with Crippen LogP contribution in [-0.4, -0.2) is 46.3 Å². The normalized spacial score (nSPS) is 10.8. The minimum Gasteiger partial charge on any atom is -0.468 e. The second kappa shape index (κ2) is 7.96. The zero-order chi connectivity index (χ0) is 18.6. The quantitative estimate of drug-likeness (QED) is 0.756. The lowest BCUT2D eigenvalue weighted by Gasteiger charge is -2.25. The molecule has 0 aliphatic carbocycles. The second-order valence-electron chi connectivity index (χ2n) is 6.27. The molecule has 2 rings (SSSR count). The van der Waals surface area contributed by atoms with Crippen LogP contribution in [0.5, 0.6) is 0 Å². The highest BCUT2D eigenvalue weighted by molar-refractivity contribution is 5.84. The van der Waals surface area contributed by atoms with E-state index in [-0.39, 0.29) is 24.9 Å². The van der Waals surface area contributed by atoms with Gasteiger partial charge in [0.15, 0.2) is 0 Å². The number of nitrogens with zero attached hydrogens (tertiary/aromatic N) is 3. The Kier molecular flexibility index (Phi) is 5.96. The Hall–Kier alpha value is -2.63. The van der Waals surface area contributed by atoms with Crippen LogP contribution in [-0.2, 0) is 20.7 Å². The molecular weight excluding hydrogens is 318 g/mol. The van der Waals surface area contributed by atoms with Gasteiger partial charge in [0, 0.05) is 17.3 Å². The third kappa shape index (κ3) is 4.26. The summed E-state index contributed by atoms with van der Waals surface area (Å²) in [5.41, 5.74) is 3.59. The molecule has 2 aromatic rings. The number of methoxy groups -OCH3 is 1. The molecular formula is C19H25N3O3. The molecule has 1 heterocycles. The number of para-hydroxylation sites is 1. The van der Waals surface area contributed by atoms with Crippen LogP contribution < -0.4 is 0 Å². The number of aromatic nitrogens is 2. The van der Waals surface area contributed by atoms with E-state index < -0.39 is 5.97 Å². The summed E-state index contributed by atoms with van der Waals surface area (Å²) in [4.78, 5) is 25.8. The Labute approximate surface area is 148 Å². The molecule has 6 nitrogen and oxygen atoms in total. The molecule has 0 aliphatic heterocycles. The maximum absolute atomic E-state index is 12.7. The van der Waals surface area contributed by atoms with Crippen molar-refractivity contribution in [3.05, 3.63) is 47.3 Å². The Balaban J connectivity index is 2.26. The molecule has 0 fully saturated rings. The van der Waals surface area contributed by atoms with E-state index in [4.69, 9.17) is 4.74 Å². The summed E-state index contributed by atoms with van der Waals surface area (Å²) in [6, 6.07) is 9.72. The first-order valence-corrected chi connectivity index (χ1v) is 8.32. The maximum Gasteiger partial charge on any atom is 0.325 e. The van der Waals surface area contributed by atoms with Crippen molar-refractivity contribution in [2.75, 3.05) is 13.7 Å². The van der Waals surface area contributed by atoms with Gasteiger partial charge < -0.3 is 9.64 Å². The van der Waals surface area contributed by atoms with Crippen LogP contribution in [0, 0.1) is 13.8 Å². The van der Waals surface area contributed by atoms with Gasteiger partial charge in [0.25, 0.3) is 0 Å². The third-order valence-electron chi connectivity index (χ3n) is 4.24. The van der Waals surface area contributed by atoms with E-state index in [2.05, 4.69) is 5.10 Å². The Morgan fingerprint density at radius 2 is 1.84 bits per heavy atom. The molecule has 1 aromatic carbocycles. The van der Waals surface area contributed by atoms with Crippen molar-refractivity contribution in [2.45, 2.75) is 40.2 Å². The number of carbonyl (C=O) groups excluding carboxylic acids is 2. The van der Waals surface area contributed by atoms with Crippen molar-refractivity contribution in [2.24, 2.45) is 0 Å². The van der Waals surface area contributed by atoms with E-state index in [0.29, 0.717) is 0 Å². The minimum absolute atomic E-state index is 0.0437. The SMILES string of the molecule is COC(=O)CN(C(=O)Cc1c(C)nn(-c2ccccc2)c1C)C(C)C. The number of hydrogen-bond donors (Lipinski definition) is 0. The van der Waals surface area contributed by atoms with Gasteiger partial charge in [-0.15, -0.1) is 0 Å². The maximum atomic E-state index is 12.7. The lowest BCUT2D eigenvalue weighted by Crippen LogP contribution is -2.42. The van der Waals surface area contributed by atoms with Gasteiger partial charge in [0.2, 0.25) is 5.91 Å². The second-order valence-corrected chi connectivity index (χ2v) is 6.27. The molecule has 0 bridgehead atoms. The number of aryl methyl sites for hydroxylation is 1. The predicted molar refractivity (Wildman–Crippen MR) is 95.6 cm³/mol. The molecule has 0 N–H and O–H groups in total. The first-order chi connectivity index (χ1) is 11.8. The number of amides is 1. The number of benzene rings is 1. The van der Waals surface area contributed by atoms with Crippen LogP contribution in [0.3, 0.4) is 0 Å². The first-order valence-electron chi connectivity index (χ1n) is 8.32. The van der Waals surface area contributed by atoms with Crippen LogP contribution in [0.2, 0.25) is 0 Å². The van der Waals surface area contributed by atoms with Crippen molar-refractivity contribution in [1.29, 1.82) is 0 Å². The summed E-state index contributed by atoms with van der Waals surface area (Å²) in [5.74, 6) is -0.533. The number of ether oxygens (including phenoxy) is 1. The van der Waals surface area contributed by atoms with Gasteiger partial charge in [-0.05, 0) is 39.8 Å². The van der Waals surface area contributed by atoms with Crippen LogP contribution in [0.15, 0.2) is 30.3 Å². The number of rotatable bonds is 6. The first kappa shape index (κ1) is 18.7. The molecule has 25 heavy (non-hydrogen) atoms. The van der Waals surface area contributed by atoms with Crippen LogP contribution >= 0.6 is 0 Å².